The molecule has 0 bridgehead atoms. The van der Waals surface area contributed by atoms with Crippen molar-refractivity contribution in [2.75, 3.05) is 11.4 Å². The van der Waals surface area contributed by atoms with E-state index < -0.39 is 0 Å². The molecule has 0 radical (unpaired) electrons. The topological polar surface area (TPSA) is 16.1 Å². The van der Waals surface area contributed by atoms with E-state index in [4.69, 9.17) is 11.6 Å². The van der Waals surface area contributed by atoms with Gasteiger partial charge in [-0.3, -0.25) is 0 Å². The predicted molar refractivity (Wildman–Crippen MR) is 76.5 cm³/mol. The first-order valence-corrected chi connectivity index (χ1v) is 6.29. The standard InChI is InChI=1S/C15H13ClN2/c1-11-4-2-6-15(17-11)18-9-3-5-12-10-13(16)7-8-14(12)18/h2-8,10H,9H2,1H3. The van der Waals surface area contributed by atoms with Crippen LogP contribution in [0.3, 0.4) is 0 Å². The van der Waals surface area contributed by atoms with E-state index in [0.29, 0.717) is 0 Å². The fraction of sp³-hybridized carbons (Fsp3) is 0.133. The van der Waals surface area contributed by atoms with Crippen LogP contribution in [0.15, 0.2) is 42.5 Å². The van der Waals surface area contributed by atoms with Crippen LogP contribution in [-0.4, -0.2) is 11.5 Å². The number of aryl methyl sites for hydroxylation is 1. The molecule has 0 fully saturated rings. The maximum atomic E-state index is 6.03. The predicted octanol–water partition coefficient (Wildman–Crippen LogP) is 4.21. The molecule has 3 rings (SSSR count). The van der Waals surface area contributed by atoms with E-state index in [2.05, 4.69) is 22.0 Å². The maximum Gasteiger partial charge on any atom is 0.133 e. The molecular weight excluding hydrogens is 244 g/mol. The Labute approximate surface area is 112 Å². The van der Waals surface area contributed by atoms with Crippen molar-refractivity contribution in [2.24, 2.45) is 0 Å². The molecule has 0 spiro atoms. The number of fused-ring (bicyclic) bond motifs is 1. The van der Waals surface area contributed by atoms with E-state index in [0.717, 1.165) is 34.3 Å². The second-order valence-corrected chi connectivity index (χ2v) is 4.79. The molecule has 1 aliphatic rings. The number of pyridine rings is 1. The van der Waals surface area contributed by atoms with E-state index >= 15 is 0 Å². The van der Waals surface area contributed by atoms with Crippen LogP contribution in [0.25, 0.3) is 6.08 Å². The van der Waals surface area contributed by atoms with Crippen molar-refractivity contribution in [1.82, 2.24) is 4.98 Å². The van der Waals surface area contributed by atoms with Gasteiger partial charge >= 0.3 is 0 Å². The highest BCUT2D eigenvalue weighted by Crippen LogP contribution is 2.33. The lowest BCUT2D eigenvalue weighted by Gasteiger charge is -2.27. The molecule has 1 aromatic carbocycles. The first kappa shape index (κ1) is 11.3. The zero-order valence-corrected chi connectivity index (χ0v) is 10.9. The molecule has 90 valence electrons. The summed E-state index contributed by atoms with van der Waals surface area (Å²) in [4.78, 5) is 6.77. The summed E-state index contributed by atoms with van der Waals surface area (Å²) in [5.41, 5.74) is 3.31. The quantitative estimate of drug-likeness (QED) is 0.760. The van der Waals surface area contributed by atoms with Gasteiger partial charge in [-0.2, -0.15) is 0 Å². The monoisotopic (exact) mass is 256 g/mol. The van der Waals surface area contributed by atoms with Gasteiger partial charge in [-0.05, 0) is 42.8 Å². The van der Waals surface area contributed by atoms with Gasteiger partial charge in [0.15, 0.2) is 0 Å². The van der Waals surface area contributed by atoms with Crippen LogP contribution in [0.2, 0.25) is 5.02 Å². The van der Waals surface area contributed by atoms with Gasteiger partial charge in [0.2, 0.25) is 0 Å². The summed E-state index contributed by atoms with van der Waals surface area (Å²) in [5.74, 6) is 0.975. The molecular formula is C15H13ClN2. The summed E-state index contributed by atoms with van der Waals surface area (Å²) < 4.78 is 0. The van der Waals surface area contributed by atoms with Crippen molar-refractivity contribution in [3.63, 3.8) is 0 Å². The largest absolute Gasteiger partial charge is 0.322 e. The lowest BCUT2D eigenvalue weighted by Crippen LogP contribution is -2.21. The molecule has 2 heterocycles. The number of rotatable bonds is 1. The summed E-state index contributed by atoms with van der Waals surface area (Å²) in [7, 11) is 0. The molecule has 2 aromatic rings. The summed E-state index contributed by atoms with van der Waals surface area (Å²) in [6.07, 6.45) is 4.23. The van der Waals surface area contributed by atoms with E-state index in [-0.39, 0.29) is 0 Å². The molecule has 0 atom stereocenters. The maximum absolute atomic E-state index is 6.03. The van der Waals surface area contributed by atoms with Gasteiger partial charge in [-0.1, -0.05) is 29.8 Å². The van der Waals surface area contributed by atoms with Crippen molar-refractivity contribution in [1.29, 1.82) is 0 Å². The Bertz CT molecular complexity index is 620. The first-order valence-electron chi connectivity index (χ1n) is 5.91. The van der Waals surface area contributed by atoms with Gasteiger partial charge < -0.3 is 4.90 Å². The van der Waals surface area contributed by atoms with Gasteiger partial charge in [0, 0.05) is 17.3 Å². The Hall–Kier alpha value is -1.80. The fourth-order valence-corrected chi connectivity index (χ4v) is 2.36. The number of benzene rings is 1. The zero-order chi connectivity index (χ0) is 12.5. The average molecular weight is 257 g/mol. The highest BCUT2D eigenvalue weighted by Gasteiger charge is 2.15. The highest BCUT2D eigenvalue weighted by molar-refractivity contribution is 6.30. The number of nitrogens with zero attached hydrogens (tertiary/aromatic N) is 2. The SMILES string of the molecule is Cc1cccc(N2CC=Cc3cc(Cl)ccc32)n1. The lowest BCUT2D eigenvalue weighted by atomic mass is 10.1. The number of halogens is 1. The van der Waals surface area contributed by atoms with Crippen LogP contribution in [0.5, 0.6) is 0 Å². The third kappa shape index (κ3) is 2.00. The molecule has 0 aliphatic carbocycles. The van der Waals surface area contributed by atoms with E-state index in [1.807, 2.05) is 43.3 Å². The molecule has 0 saturated carbocycles. The summed E-state index contributed by atoms with van der Waals surface area (Å²) in [6.45, 7) is 2.84. The Morgan fingerprint density at radius 2 is 2.11 bits per heavy atom. The van der Waals surface area contributed by atoms with Crippen molar-refractivity contribution in [2.45, 2.75) is 6.92 Å². The highest BCUT2D eigenvalue weighted by atomic mass is 35.5. The van der Waals surface area contributed by atoms with Gasteiger partial charge in [0.05, 0.1) is 5.69 Å². The van der Waals surface area contributed by atoms with Gasteiger partial charge in [-0.25, -0.2) is 4.98 Å². The van der Waals surface area contributed by atoms with Crippen LogP contribution in [0.1, 0.15) is 11.3 Å². The number of hydrogen-bond donors (Lipinski definition) is 0. The van der Waals surface area contributed by atoms with Crippen LogP contribution in [0, 0.1) is 6.92 Å². The third-order valence-electron chi connectivity index (χ3n) is 3.02. The van der Waals surface area contributed by atoms with Crippen molar-refractivity contribution in [3.8, 4) is 0 Å². The van der Waals surface area contributed by atoms with Crippen LogP contribution < -0.4 is 4.90 Å². The normalized spacial score (nSPS) is 13.6. The Morgan fingerprint density at radius 1 is 1.22 bits per heavy atom. The minimum absolute atomic E-state index is 0.762. The summed E-state index contributed by atoms with van der Waals surface area (Å²) in [6, 6.07) is 12.0. The zero-order valence-electron chi connectivity index (χ0n) is 10.1. The first-order chi connectivity index (χ1) is 8.74. The van der Waals surface area contributed by atoms with Crippen molar-refractivity contribution in [3.05, 3.63) is 58.8 Å². The second kappa shape index (κ2) is 4.46. The van der Waals surface area contributed by atoms with Crippen molar-refractivity contribution >= 4 is 29.2 Å². The second-order valence-electron chi connectivity index (χ2n) is 4.35. The van der Waals surface area contributed by atoms with Gasteiger partial charge in [-0.15, -0.1) is 0 Å². The average Bonchev–Trinajstić information content (AvgIpc) is 2.37. The molecule has 0 saturated heterocycles. The van der Waals surface area contributed by atoms with E-state index in [1.165, 1.54) is 0 Å². The van der Waals surface area contributed by atoms with Crippen LogP contribution in [0.4, 0.5) is 11.5 Å². The van der Waals surface area contributed by atoms with E-state index in [9.17, 15) is 0 Å². The Kier molecular flexibility index (Phi) is 2.80. The molecule has 0 N–H and O–H groups in total. The molecule has 0 unspecified atom stereocenters. The molecule has 1 aromatic heterocycles. The van der Waals surface area contributed by atoms with Gasteiger partial charge in [0.1, 0.15) is 5.82 Å². The molecule has 2 nitrogen and oxygen atoms in total. The Balaban J connectivity index is 2.09. The summed E-state index contributed by atoms with van der Waals surface area (Å²) >= 11 is 6.03. The minimum atomic E-state index is 0.762. The van der Waals surface area contributed by atoms with E-state index in [1.54, 1.807) is 0 Å². The molecule has 0 amide bonds. The molecule has 1 aliphatic heterocycles. The molecule has 18 heavy (non-hydrogen) atoms. The van der Waals surface area contributed by atoms with Gasteiger partial charge in [0.25, 0.3) is 0 Å². The summed E-state index contributed by atoms with van der Waals surface area (Å²) in [5, 5.41) is 0.762. The lowest BCUT2D eigenvalue weighted by molar-refractivity contribution is 1.02. The third-order valence-corrected chi connectivity index (χ3v) is 3.25. The van der Waals surface area contributed by atoms with Crippen LogP contribution >= 0.6 is 11.6 Å². The molecule has 3 heteroatoms. The van der Waals surface area contributed by atoms with Crippen LogP contribution in [-0.2, 0) is 0 Å². The minimum Gasteiger partial charge on any atom is -0.322 e. The number of aromatic nitrogens is 1. The Morgan fingerprint density at radius 3 is 2.94 bits per heavy atom. The van der Waals surface area contributed by atoms with Crippen molar-refractivity contribution < 1.29 is 0 Å². The number of anilines is 2. The smallest absolute Gasteiger partial charge is 0.133 e. The fourth-order valence-electron chi connectivity index (χ4n) is 2.18. The number of hydrogen-bond acceptors (Lipinski definition) is 2.